The third-order valence-electron chi connectivity index (χ3n) is 5.09. The van der Waals surface area contributed by atoms with Gasteiger partial charge in [0.15, 0.2) is 0 Å². The molecule has 0 bridgehead atoms. The molecule has 10 heteroatoms. The molecule has 1 unspecified atom stereocenters. The maximum Gasteiger partial charge on any atom is 0.244 e. The molecule has 1 N–H and O–H groups in total. The Morgan fingerprint density at radius 2 is 1.72 bits per heavy atom. The van der Waals surface area contributed by atoms with Crippen LogP contribution in [0.15, 0.2) is 42.5 Å². The van der Waals surface area contributed by atoms with Crippen molar-refractivity contribution in [2.24, 2.45) is 0 Å². The molecule has 0 aliphatic rings. The van der Waals surface area contributed by atoms with E-state index in [-0.39, 0.29) is 12.5 Å². The van der Waals surface area contributed by atoms with Gasteiger partial charge in [0.1, 0.15) is 12.6 Å². The first-order chi connectivity index (χ1) is 15.0. The number of benzene rings is 2. The third-order valence-corrected chi connectivity index (χ3v) is 6.87. The highest BCUT2D eigenvalue weighted by molar-refractivity contribution is 7.92. The van der Waals surface area contributed by atoms with Crippen LogP contribution in [0.25, 0.3) is 0 Å². The van der Waals surface area contributed by atoms with Crippen molar-refractivity contribution in [2.75, 3.05) is 24.2 Å². The summed E-state index contributed by atoms with van der Waals surface area (Å²) in [7, 11) is -2.32. The van der Waals surface area contributed by atoms with E-state index in [0.717, 1.165) is 16.1 Å². The SMILES string of the molecule is CCC(C(=O)NC)N(Cc1ccc(Cl)cc1)C(=O)CN(c1cccc(Cl)c1C)S(C)(=O)=O. The molecule has 2 amide bonds. The van der Waals surface area contributed by atoms with Crippen LogP contribution in [0, 0.1) is 6.92 Å². The minimum absolute atomic E-state index is 0.119. The number of nitrogens with one attached hydrogen (secondary N) is 1. The van der Waals surface area contributed by atoms with E-state index in [1.807, 2.05) is 0 Å². The number of likely N-dealkylation sites (N-methyl/N-ethyl adjacent to an activating group) is 1. The predicted octanol–water partition coefficient (Wildman–Crippen LogP) is 3.62. The van der Waals surface area contributed by atoms with Gasteiger partial charge >= 0.3 is 0 Å². The van der Waals surface area contributed by atoms with Crippen LogP contribution in [0.1, 0.15) is 24.5 Å². The minimum Gasteiger partial charge on any atom is -0.357 e. The number of carbonyl (C=O) groups is 2. The number of hydrogen-bond donors (Lipinski definition) is 1. The summed E-state index contributed by atoms with van der Waals surface area (Å²) >= 11 is 12.1. The monoisotopic (exact) mass is 499 g/mol. The van der Waals surface area contributed by atoms with Gasteiger partial charge < -0.3 is 10.2 Å². The van der Waals surface area contributed by atoms with Crippen molar-refractivity contribution in [2.45, 2.75) is 32.9 Å². The van der Waals surface area contributed by atoms with Crippen LogP contribution >= 0.6 is 23.2 Å². The molecule has 32 heavy (non-hydrogen) atoms. The second kappa shape index (κ2) is 11.0. The van der Waals surface area contributed by atoms with E-state index in [2.05, 4.69) is 5.32 Å². The van der Waals surface area contributed by atoms with E-state index in [1.54, 1.807) is 56.3 Å². The lowest BCUT2D eigenvalue weighted by atomic mass is 10.1. The van der Waals surface area contributed by atoms with Crippen LogP contribution in [0.5, 0.6) is 0 Å². The fourth-order valence-electron chi connectivity index (χ4n) is 3.33. The maximum absolute atomic E-state index is 13.4. The summed E-state index contributed by atoms with van der Waals surface area (Å²) in [6.07, 6.45) is 1.38. The fourth-order valence-corrected chi connectivity index (χ4v) is 4.53. The zero-order valence-corrected chi connectivity index (χ0v) is 20.8. The van der Waals surface area contributed by atoms with Crippen molar-refractivity contribution in [1.29, 1.82) is 0 Å². The Balaban J connectivity index is 2.46. The third kappa shape index (κ3) is 6.37. The molecule has 0 saturated carbocycles. The Hall–Kier alpha value is -2.29. The van der Waals surface area contributed by atoms with Crippen LogP contribution in [-0.4, -0.2) is 51.0 Å². The van der Waals surface area contributed by atoms with Crippen molar-refractivity contribution in [3.05, 3.63) is 63.6 Å². The van der Waals surface area contributed by atoms with Crippen molar-refractivity contribution < 1.29 is 18.0 Å². The van der Waals surface area contributed by atoms with Crippen molar-refractivity contribution in [3.63, 3.8) is 0 Å². The molecular weight excluding hydrogens is 473 g/mol. The molecule has 174 valence electrons. The van der Waals surface area contributed by atoms with Crippen LogP contribution in [-0.2, 0) is 26.2 Å². The van der Waals surface area contributed by atoms with Crippen molar-refractivity contribution >= 4 is 50.7 Å². The Labute approximate surface area is 199 Å². The van der Waals surface area contributed by atoms with Gasteiger partial charge in [0.05, 0.1) is 11.9 Å². The standard InChI is InChI=1S/C22H27Cl2N3O4S/c1-5-19(22(29)25-3)26(13-16-9-11-17(23)12-10-16)21(28)14-27(32(4,30)31)20-8-6-7-18(24)15(20)2/h6-12,19H,5,13-14H2,1-4H3,(H,25,29). The molecule has 0 aliphatic carbocycles. The number of amides is 2. The van der Waals surface area contributed by atoms with Gasteiger partial charge in [-0.05, 0) is 48.7 Å². The van der Waals surface area contributed by atoms with Gasteiger partial charge in [-0.2, -0.15) is 0 Å². The Bertz CT molecular complexity index is 1080. The normalized spacial score (nSPS) is 12.2. The minimum atomic E-state index is -3.81. The van der Waals surface area contributed by atoms with Gasteiger partial charge in [0, 0.05) is 23.6 Å². The number of nitrogens with zero attached hydrogens (tertiary/aromatic N) is 2. The predicted molar refractivity (Wildman–Crippen MR) is 129 cm³/mol. The summed E-state index contributed by atoms with van der Waals surface area (Å²) in [6, 6.07) is 11.0. The van der Waals surface area contributed by atoms with Gasteiger partial charge in [-0.25, -0.2) is 8.42 Å². The van der Waals surface area contributed by atoms with Gasteiger partial charge in [0.2, 0.25) is 21.8 Å². The van der Waals surface area contributed by atoms with Gasteiger partial charge in [-0.15, -0.1) is 0 Å². The number of anilines is 1. The lowest BCUT2D eigenvalue weighted by Crippen LogP contribution is -2.51. The van der Waals surface area contributed by atoms with E-state index in [9.17, 15) is 18.0 Å². The molecule has 7 nitrogen and oxygen atoms in total. The summed E-state index contributed by atoms with van der Waals surface area (Å²) in [5.41, 5.74) is 1.61. The van der Waals surface area contributed by atoms with Crippen molar-refractivity contribution in [3.8, 4) is 0 Å². The quantitative estimate of drug-likeness (QED) is 0.570. The number of hydrogen-bond acceptors (Lipinski definition) is 4. The van der Waals surface area contributed by atoms with E-state index in [4.69, 9.17) is 23.2 Å². The lowest BCUT2D eigenvalue weighted by Gasteiger charge is -2.33. The Morgan fingerprint density at radius 3 is 2.25 bits per heavy atom. The van der Waals surface area contributed by atoms with Crippen LogP contribution in [0.4, 0.5) is 5.69 Å². The average molecular weight is 500 g/mol. The molecule has 1 atom stereocenters. The molecule has 2 aromatic rings. The average Bonchev–Trinajstić information content (AvgIpc) is 2.74. The molecule has 2 aromatic carbocycles. The number of carbonyl (C=O) groups excluding carboxylic acids is 2. The molecule has 0 spiro atoms. The van der Waals surface area contributed by atoms with E-state index in [1.165, 1.54) is 11.9 Å². The summed E-state index contributed by atoms with van der Waals surface area (Å²) in [4.78, 5) is 27.3. The first kappa shape index (κ1) is 26.0. The molecule has 0 radical (unpaired) electrons. The largest absolute Gasteiger partial charge is 0.357 e. The second-order valence-corrected chi connectivity index (χ2v) is 10.1. The highest BCUT2D eigenvalue weighted by atomic mass is 35.5. The van der Waals surface area contributed by atoms with Crippen molar-refractivity contribution in [1.82, 2.24) is 10.2 Å². The molecule has 0 aliphatic heterocycles. The van der Waals surface area contributed by atoms with E-state index >= 15 is 0 Å². The Morgan fingerprint density at radius 1 is 1.09 bits per heavy atom. The van der Waals surface area contributed by atoms with E-state index in [0.29, 0.717) is 27.7 Å². The topological polar surface area (TPSA) is 86.8 Å². The van der Waals surface area contributed by atoms with Gasteiger partial charge in [0.25, 0.3) is 0 Å². The highest BCUT2D eigenvalue weighted by Gasteiger charge is 2.31. The first-order valence-electron chi connectivity index (χ1n) is 9.97. The summed E-state index contributed by atoms with van der Waals surface area (Å²) in [5.74, 6) is -0.847. The molecule has 0 saturated heterocycles. The summed E-state index contributed by atoms with van der Waals surface area (Å²) in [5, 5.41) is 3.51. The molecule has 0 fully saturated rings. The Kier molecular flexibility index (Phi) is 8.95. The second-order valence-electron chi connectivity index (χ2n) is 7.34. The lowest BCUT2D eigenvalue weighted by molar-refractivity contribution is -0.140. The number of halogens is 2. The molecule has 0 aromatic heterocycles. The van der Waals surface area contributed by atoms with E-state index < -0.39 is 28.5 Å². The zero-order valence-electron chi connectivity index (χ0n) is 18.4. The fraction of sp³-hybridized carbons (Fsp3) is 0.364. The zero-order chi connectivity index (χ0) is 24.1. The van der Waals surface area contributed by atoms with Gasteiger partial charge in [-0.3, -0.25) is 13.9 Å². The smallest absolute Gasteiger partial charge is 0.244 e. The first-order valence-corrected chi connectivity index (χ1v) is 12.6. The summed E-state index contributed by atoms with van der Waals surface area (Å²) < 4.78 is 26.2. The summed E-state index contributed by atoms with van der Waals surface area (Å²) in [6.45, 7) is 3.12. The molecular formula is C22H27Cl2N3O4S. The number of rotatable bonds is 9. The molecule has 0 heterocycles. The van der Waals surface area contributed by atoms with Gasteiger partial charge in [-0.1, -0.05) is 48.3 Å². The molecule has 2 rings (SSSR count). The van der Waals surface area contributed by atoms with Crippen LogP contribution in [0.2, 0.25) is 10.0 Å². The van der Waals surface area contributed by atoms with Crippen LogP contribution < -0.4 is 9.62 Å². The van der Waals surface area contributed by atoms with Crippen LogP contribution in [0.3, 0.4) is 0 Å². The highest BCUT2D eigenvalue weighted by Crippen LogP contribution is 2.28. The maximum atomic E-state index is 13.4. The number of sulfonamides is 1.